The number of rotatable bonds is 0. The van der Waals surface area contributed by atoms with E-state index < -0.39 is 0 Å². The summed E-state index contributed by atoms with van der Waals surface area (Å²) in [6, 6.07) is 0. The molecular weight excluding hydrogens is 272 g/mol. The van der Waals surface area contributed by atoms with E-state index in [9.17, 15) is 0 Å². The molecule has 0 aromatic carbocycles. The van der Waals surface area contributed by atoms with Crippen LogP contribution >= 0.6 is 11.8 Å². The average Bonchev–Trinajstić information content (AvgIpc) is 3.20. The van der Waals surface area contributed by atoms with Crippen molar-refractivity contribution >= 4 is 11.8 Å². The van der Waals surface area contributed by atoms with Crippen LogP contribution in [-0.2, 0) is 0 Å². The van der Waals surface area contributed by atoms with Crippen LogP contribution in [0.1, 0.15) is 78.1 Å². The number of hydrogen-bond acceptors (Lipinski definition) is 1. The second-order valence-electron chi connectivity index (χ2n) is 9.68. The van der Waals surface area contributed by atoms with Gasteiger partial charge in [0.2, 0.25) is 0 Å². The summed E-state index contributed by atoms with van der Waals surface area (Å²) in [5, 5.41) is 0. The first-order chi connectivity index (χ1) is 10.1. The van der Waals surface area contributed by atoms with Crippen molar-refractivity contribution in [2.75, 3.05) is 5.75 Å². The van der Waals surface area contributed by atoms with Gasteiger partial charge in [-0.15, -0.1) is 0 Å². The maximum atomic E-state index is 2.72. The summed E-state index contributed by atoms with van der Waals surface area (Å²) in [4.78, 5) is 0. The summed E-state index contributed by atoms with van der Waals surface area (Å²) in [6.45, 7) is 5.42. The predicted molar refractivity (Wildman–Crippen MR) is 91.5 cm³/mol. The molecule has 4 saturated carbocycles. The Bertz CT molecular complexity index is 453. The van der Waals surface area contributed by atoms with Crippen LogP contribution in [0.15, 0.2) is 0 Å². The van der Waals surface area contributed by atoms with E-state index in [1.54, 1.807) is 51.4 Å². The van der Waals surface area contributed by atoms with Gasteiger partial charge < -0.3 is 0 Å². The minimum atomic E-state index is 0.719. The molecule has 21 heavy (non-hydrogen) atoms. The third-order valence-electron chi connectivity index (χ3n) is 9.37. The molecule has 1 heteroatoms. The predicted octanol–water partition coefficient (Wildman–Crippen LogP) is 5.90. The van der Waals surface area contributed by atoms with Gasteiger partial charge in [0.1, 0.15) is 0 Å². The lowest BCUT2D eigenvalue weighted by atomic mass is 9.45. The molecule has 1 aliphatic heterocycles. The lowest BCUT2D eigenvalue weighted by Crippen LogP contribution is -2.53. The van der Waals surface area contributed by atoms with E-state index in [1.807, 2.05) is 0 Å². The van der Waals surface area contributed by atoms with Gasteiger partial charge in [0.25, 0.3) is 0 Å². The highest BCUT2D eigenvalue weighted by atomic mass is 32.2. The highest BCUT2D eigenvalue weighted by molar-refractivity contribution is 8.08. The molecule has 5 rings (SSSR count). The molecule has 0 nitrogen and oxygen atoms in total. The molecule has 0 radical (unpaired) electrons. The first-order valence-corrected chi connectivity index (χ1v) is 10.7. The maximum Gasteiger partial charge on any atom is 0.0307 e. The van der Waals surface area contributed by atoms with Crippen LogP contribution in [0.5, 0.6) is 0 Å². The van der Waals surface area contributed by atoms with Gasteiger partial charge in [-0.05, 0) is 85.9 Å². The Kier molecular flexibility index (Phi) is 2.78. The summed E-state index contributed by atoms with van der Waals surface area (Å²) < 4.78 is 0.757. The molecule has 1 heterocycles. The van der Waals surface area contributed by atoms with Crippen molar-refractivity contribution in [2.24, 2.45) is 34.5 Å². The minimum Gasteiger partial charge on any atom is -0.152 e. The SMILES string of the molecule is CC12CCCCC1CCC1C2CCC2(C)C1CCC21CS1. The monoisotopic (exact) mass is 304 g/mol. The molecule has 5 aliphatic rings. The van der Waals surface area contributed by atoms with Crippen molar-refractivity contribution in [1.29, 1.82) is 0 Å². The number of thioether (sulfide) groups is 1. The van der Waals surface area contributed by atoms with E-state index in [1.165, 1.54) is 18.6 Å². The molecule has 1 spiro atoms. The molecule has 7 atom stereocenters. The first-order valence-electron chi connectivity index (χ1n) is 9.73. The van der Waals surface area contributed by atoms with E-state index >= 15 is 0 Å². The van der Waals surface area contributed by atoms with E-state index in [2.05, 4.69) is 25.6 Å². The topological polar surface area (TPSA) is 0 Å². The van der Waals surface area contributed by atoms with E-state index in [0.29, 0.717) is 0 Å². The molecule has 118 valence electrons. The second-order valence-corrected chi connectivity index (χ2v) is 11.0. The van der Waals surface area contributed by atoms with Gasteiger partial charge in [0, 0.05) is 10.5 Å². The first kappa shape index (κ1) is 13.8. The summed E-state index contributed by atoms with van der Waals surface area (Å²) in [6.07, 6.45) is 15.6. The Labute approximate surface area is 135 Å². The number of fused-ring (bicyclic) bond motifs is 6. The molecular formula is C20H32S. The lowest BCUT2D eigenvalue weighted by molar-refractivity contribution is -0.105. The zero-order valence-corrected chi connectivity index (χ0v) is 14.8. The molecule has 0 bridgehead atoms. The van der Waals surface area contributed by atoms with Crippen molar-refractivity contribution in [2.45, 2.75) is 82.8 Å². The molecule has 5 fully saturated rings. The van der Waals surface area contributed by atoms with Gasteiger partial charge in [0.05, 0.1) is 0 Å². The van der Waals surface area contributed by atoms with Crippen LogP contribution in [0.25, 0.3) is 0 Å². The van der Waals surface area contributed by atoms with Crippen LogP contribution < -0.4 is 0 Å². The fourth-order valence-electron chi connectivity index (χ4n) is 7.95. The molecule has 7 unspecified atom stereocenters. The number of hydrogen-bond donors (Lipinski definition) is 0. The van der Waals surface area contributed by atoms with Crippen molar-refractivity contribution in [1.82, 2.24) is 0 Å². The van der Waals surface area contributed by atoms with Gasteiger partial charge in [-0.1, -0.05) is 26.7 Å². The fraction of sp³-hybridized carbons (Fsp3) is 1.00. The van der Waals surface area contributed by atoms with Gasteiger partial charge in [0.15, 0.2) is 0 Å². The molecule has 4 aliphatic carbocycles. The standard InChI is InChI=1S/C20H32S/c1-18-10-4-3-5-14(18)6-7-15-16(18)8-11-19(2)17(15)9-12-20(19)13-21-20/h14-17H,3-13H2,1-2H3. The Morgan fingerprint density at radius 3 is 2.43 bits per heavy atom. The van der Waals surface area contributed by atoms with E-state index in [0.717, 1.165) is 39.2 Å². The van der Waals surface area contributed by atoms with Crippen LogP contribution in [0, 0.1) is 34.5 Å². The highest BCUT2D eigenvalue weighted by Gasteiger charge is 2.68. The van der Waals surface area contributed by atoms with Gasteiger partial charge in [-0.2, -0.15) is 11.8 Å². The molecule has 0 N–H and O–H groups in total. The summed E-state index contributed by atoms with van der Waals surface area (Å²) in [5.41, 5.74) is 1.45. The third kappa shape index (κ3) is 1.60. The van der Waals surface area contributed by atoms with Crippen molar-refractivity contribution in [3.63, 3.8) is 0 Å². The zero-order valence-electron chi connectivity index (χ0n) is 14.0. The Morgan fingerprint density at radius 2 is 1.62 bits per heavy atom. The smallest absolute Gasteiger partial charge is 0.0307 e. The van der Waals surface area contributed by atoms with Crippen molar-refractivity contribution in [3.8, 4) is 0 Å². The quantitative estimate of drug-likeness (QED) is 0.502. The second kappa shape index (κ2) is 4.25. The van der Waals surface area contributed by atoms with Crippen LogP contribution in [0.2, 0.25) is 0 Å². The molecule has 1 saturated heterocycles. The third-order valence-corrected chi connectivity index (χ3v) is 11.0. The zero-order chi connectivity index (χ0) is 14.3. The summed E-state index contributed by atoms with van der Waals surface area (Å²) in [5.74, 6) is 5.86. The fourth-order valence-corrected chi connectivity index (χ4v) is 9.44. The molecule has 0 amide bonds. The average molecular weight is 305 g/mol. The van der Waals surface area contributed by atoms with Gasteiger partial charge in [-0.25, -0.2) is 0 Å². The van der Waals surface area contributed by atoms with Crippen LogP contribution in [0.3, 0.4) is 0 Å². The van der Waals surface area contributed by atoms with E-state index in [-0.39, 0.29) is 0 Å². The highest BCUT2D eigenvalue weighted by Crippen LogP contribution is 2.75. The molecule has 0 aromatic rings. The minimum absolute atomic E-state index is 0.719. The summed E-state index contributed by atoms with van der Waals surface area (Å²) in [7, 11) is 0. The Balaban J connectivity index is 1.48. The largest absolute Gasteiger partial charge is 0.152 e. The Hall–Kier alpha value is 0.350. The normalized spacial score (nSPS) is 62.0. The van der Waals surface area contributed by atoms with Crippen molar-refractivity contribution in [3.05, 3.63) is 0 Å². The summed E-state index contributed by atoms with van der Waals surface area (Å²) >= 11 is 2.32. The van der Waals surface area contributed by atoms with E-state index in [4.69, 9.17) is 0 Å². The van der Waals surface area contributed by atoms with Crippen molar-refractivity contribution < 1.29 is 0 Å². The van der Waals surface area contributed by atoms with Gasteiger partial charge in [-0.3, -0.25) is 0 Å². The van der Waals surface area contributed by atoms with Crippen LogP contribution in [-0.4, -0.2) is 10.5 Å². The molecule has 0 aromatic heterocycles. The Morgan fingerprint density at radius 1 is 0.810 bits per heavy atom. The van der Waals surface area contributed by atoms with Gasteiger partial charge >= 0.3 is 0 Å². The lowest BCUT2D eigenvalue weighted by Gasteiger charge is -2.60. The maximum absolute atomic E-state index is 2.72. The van der Waals surface area contributed by atoms with Crippen LogP contribution in [0.4, 0.5) is 0 Å².